The Balaban J connectivity index is 1.50. The van der Waals surface area contributed by atoms with Gasteiger partial charge in [-0.2, -0.15) is 0 Å². The number of rotatable bonds is 6. The summed E-state index contributed by atoms with van der Waals surface area (Å²) in [7, 11) is 3.29. The van der Waals surface area contributed by atoms with Crippen molar-refractivity contribution in [2.75, 3.05) is 32.6 Å². The molecule has 2 heterocycles. The van der Waals surface area contributed by atoms with Gasteiger partial charge in [-0.1, -0.05) is 18.2 Å². The summed E-state index contributed by atoms with van der Waals surface area (Å²) in [4.78, 5) is 42.9. The molecule has 3 aromatic rings. The van der Waals surface area contributed by atoms with Crippen molar-refractivity contribution >= 4 is 34.7 Å². The van der Waals surface area contributed by atoms with Crippen molar-refractivity contribution in [3.05, 3.63) is 81.0 Å². The highest BCUT2D eigenvalue weighted by Gasteiger charge is 2.24. The maximum atomic E-state index is 13.3. The lowest BCUT2D eigenvalue weighted by Gasteiger charge is -2.28. The zero-order chi connectivity index (χ0) is 24.2. The Kier molecular flexibility index (Phi) is 6.98. The zero-order valence-electron chi connectivity index (χ0n) is 19.5. The number of hydrogen-bond acceptors (Lipinski definition) is 5. The van der Waals surface area contributed by atoms with E-state index >= 15 is 0 Å². The SMILES string of the molecule is Cc1c(NC(=O)c2ccccc2OCC(=O)N(C)C)cccc1C(=O)N1CCc2sccc2C1. The van der Waals surface area contributed by atoms with E-state index in [-0.39, 0.29) is 24.3 Å². The van der Waals surface area contributed by atoms with Crippen LogP contribution in [-0.2, 0) is 17.8 Å². The highest BCUT2D eigenvalue weighted by molar-refractivity contribution is 7.10. The highest BCUT2D eigenvalue weighted by atomic mass is 32.1. The monoisotopic (exact) mass is 477 g/mol. The van der Waals surface area contributed by atoms with E-state index in [2.05, 4.69) is 16.8 Å². The van der Waals surface area contributed by atoms with Crippen molar-refractivity contribution in [3.8, 4) is 5.75 Å². The first-order valence-electron chi connectivity index (χ1n) is 11.0. The van der Waals surface area contributed by atoms with Gasteiger partial charge in [-0.3, -0.25) is 14.4 Å². The Hall–Kier alpha value is -3.65. The average molecular weight is 478 g/mol. The number of nitrogens with zero attached hydrogens (tertiary/aromatic N) is 2. The molecule has 176 valence electrons. The summed E-state index contributed by atoms with van der Waals surface area (Å²) in [6.45, 7) is 2.95. The van der Waals surface area contributed by atoms with Gasteiger partial charge in [-0.05, 0) is 60.2 Å². The largest absolute Gasteiger partial charge is 0.483 e. The fourth-order valence-corrected chi connectivity index (χ4v) is 4.72. The Morgan fingerprint density at radius 3 is 2.62 bits per heavy atom. The molecule has 0 atom stereocenters. The molecule has 0 bridgehead atoms. The van der Waals surface area contributed by atoms with Crippen LogP contribution >= 0.6 is 11.3 Å². The number of benzene rings is 2. The standard InChI is InChI=1S/C26H27N3O4S/c1-17-19(26(32)29-13-11-23-18(15-29)12-14-34-23)8-6-9-21(17)27-25(31)20-7-4-5-10-22(20)33-16-24(30)28(2)3/h4-10,12,14H,11,13,15-16H2,1-3H3,(H,27,31). The number of ether oxygens (including phenoxy) is 1. The maximum Gasteiger partial charge on any atom is 0.259 e. The molecule has 8 heteroatoms. The molecule has 34 heavy (non-hydrogen) atoms. The van der Waals surface area contributed by atoms with Crippen molar-refractivity contribution in [2.45, 2.75) is 19.9 Å². The topological polar surface area (TPSA) is 79.0 Å². The highest BCUT2D eigenvalue weighted by Crippen LogP contribution is 2.28. The lowest BCUT2D eigenvalue weighted by Crippen LogP contribution is -2.35. The zero-order valence-corrected chi connectivity index (χ0v) is 20.3. The minimum absolute atomic E-state index is 0.0450. The normalized spacial score (nSPS) is 12.6. The van der Waals surface area contributed by atoms with Crippen LogP contribution in [0.3, 0.4) is 0 Å². The molecule has 0 saturated heterocycles. The third-order valence-electron chi connectivity index (χ3n) is 5.89. The predicted octanol–water partition coefficient (Wildman–Crippen LogP) is 3.97. The van der Waals surface area contributed by atoms with E-state index in [0.717, 1.165) is 6.42 Å². The van der Waals surface area contributed by atoms with Gasteiger partial charge in [-0.25, -0.2) is 0 Å². The minimum Gasteiger partial charge on any atom is -0.483 e. The van der Waals surface area contributed by atoms with Gasteiger partial charge < -0.3 is 19.9 Å². The molecule has 4 rings (SSSR count). The minimum atomic E-state index is -0.374. The van der Waals surface area contributed by atoms with Crippen molar-refractivity contribution in [2.24, 2.45) is 0 Å². The molecule has 1 aliphatic heterocycles. The summed E-state index contributed by atoms with van der Waals surface area (Å²) in [5.74, 6) is -0.303. The van der Waals surface area contributed by atoms with Gasteiger partial charge >= 0.3 is 0 Å². The third-order valence-corrected chi connectivity index (χ3v) is 6.91. The second-order valence-electron chi connectivity index (χ2n) is 8.35. The van der Waals surface area contributed by atoms with Crippen LogP contribution < -0.4 is 10.1 Å². The van der Waals surface area contributed by atoms with Gasteiger partial charge in [-0.15, -0.1) is 11.3 Å². The molecular formula is C26H27N3O4S. The van der Waals surface area contributed by atoms with E-state index in [1.165, 1.54) is 15.3 Å². The maximum absolute atomic E-state index is 13.3. The van der Waals surface area contributed by atoms with Gasteiger partial charge in [0.05, 0.1) is 5.56 Å². The molecule has 2 aromatic carbocycles. The van der Waals surface area contributed by atoms with Crippen LogP contribution in [0.4, 0.5) is 5.69 Å². The number of carbonyl (C=O) groups excluding carboxylic acids is 3. The summed E-state index contributed by atoms with van der Waals surface area (Å²) in [6.07, 6.45) is 0.862. The summed E-state index contributed by atoms with van der Waals surface area (Å²) in [5.41, 5.74) is 3.35. The summed E-state index contributed by atoms with van der Waals surface area (Å²) in [6, 6.07) is 14.2. The van der Waals surface area contributed by atoms with Crippen molar-refractivity contribution < 1.29 is 19.1 Å². The van der Waals surface area contributed by atoms with E-state index in [1.807, 2.05) is 11.8 Å². The molecule has 0 spiro atoms. The third kappa shape index (κ3) is 4.97. The van der Waals surface area contributed by atoms with Crippen LogP contribution in [0.2, 0.25) is 0 Å². The van der Waals surface area contributed by atoms with E-state index in [9.17, 15) is 14.4 Å². The summed E-state index contributed by atoms with van der Waals surface area (Å²) in [5, 5.41) is 4.97. The Labute approximate surface area is 202 Å². The van der Waals surface area contributed by atoms with Crippen molar-refractivity contribution in [1.82, 2.24) is 9.80 Å². The van der Waals surface area contributed by atoms with Crippen LogP contribution in [0, 0.1) is 6.92 Å². The number of fused-ring (bicyclic) bond motifs is 1. The van der Waals surface area contributed by atoms with Crippen LogP contribution in [0.25, 0.3) is 0 Å². The second-order valence-corrected chi connectivity index (χ2v) is 9.35. The summed E-state index contributed by atoms with van der Waals surface area (Å²) >= 11 is 1.74. The number of carbonyl (C=O) groups is 3. The number of thiophene rings is 1. The van der Waals surface area contributed by atoms with Gasteiger partial charge in [0.1, 0.15) is 5.75 Å². The fourth-order valence-electron chi connectivity index (χ4n) is 3.83. The first-order valence-corrected chi connectivity index (χ1v) is 11.9. The number of nitrogens with one attached hydrogen (secondary N) is 1. The van der Waals surface area contributed by atoms with Crippen LogP contribution in [-0.4, -0.2) is 54.8 Å². The van der Waals surface area contributed by atoms with Gasteiger partial charge in [0.15, 0.2) is 6.61 Å². The quantitative estimate of drug-likeness (QED) is 0.583. The summed E-state index contributed by atoms with van der Waals surface area (Å²) < 4.78 is 5.60. The Morgan fingerprint density at radius 2 is 1.82 bits per heavy atom. The molecule has 0 fully saturated rings. The first-order chi connectivity index (χ1) is 16.3. The number of amides is 3. The fraction of sp³-hybridized carbons (Fsp3) is 0.269. The molecule has 0 saturated carbocycles. The van der Waals surface area contributed by atoms with E-state index in [4.69, 9.17) is 4.74 Å². The molecule has 1 aromatic heterocycles. The number of hydrogen-bond donors (Lipinski definition) is 1. The van der Waals surface area contributed by atoms with Crippen molar-refractivity contribution in [3.63, 3.8) is 0 Å². The molecule has 3 amide bonds. The van der Waals surface area contributed by atoms with E-state index in [1.54, 1.807) is 67.9 Å². The molecule has 0 aliphatic carbocycles. The molecular weight excluding hydrogens is 450 g/mol. The number of anilines is 1. The molecule has 1 aliphatic rings. The first kappa shape index (κ1) is 23.5. The number of likely N-dealkylation sites (N-methyl/N-ethyl adjacent to an activating group) is 1. The van der Waals surface area contributed by atoms with Crippen LogP contribution in [0.15, 0.2) is 53.9 Å². The molecule has 7 nitrogen and oxygen atoms in total. The van der Waals surface area contributed by atoms with Gasteiger partial charge in [0.25, 0.3) is 17.7 Å². The molecule has 0 radical (unpaired) electrons. The Morgan fingerprint density at radius 1 is 1.06 bits per heavy atom. The Bertz CT molecular complexity index is 1230. The van der Waals surface area contributed by atoms with E-state index in [0.29, 0.717) is 41.2 Å². The number of para-hydroxylation sites is 1. The second kappa shape index (κ2) is 10.1. The predicted molar refractivity (Wildman–Crippen MR) is 133 cm³/mol. The lowest BCUT2D eigenvalue weighted by atomic mass is 10.0. The van der Waals surface area contributed by atoms with Crippen LogP contribution in [0.1, 0.15) is 36.7 Å². The van der Waals surface area contributed by atoms with Gasteiger partial charge in [0.2, 0.25) is 0 Å². The van der Waals surface area contributed by atoms with E-state index < -0.39 is 0 Å². The lowest BCUT2D eigenvalue weighted by molar-refractivity contribution is -0.130. The average Bonchev–Trinajstić information content (AvgIpc) is 3.31. The van der Waals surface area contributed by atoms with Crippen molar-refractivity contribution in [1.29, 1.82) is 0 Å². The van der Waals surface area contributed by atoms with Crippen LogP contribution in [0.5, 0.6) is 5.75 Å². The molecule has 0 unspecified atom stereocenters. The molecule has 1 N–H and O–H groups in total. The smallest absolute Gasteiger partial charge is 0.259 e. The van der Waals surface area contributed by atoms with Gasteiger partial charge in [0, 0.05) is 43.3 Å².